The zero-order chi connectivity index (χ0) is 9.40. The van der Waals surface area contributed by atoms with Crippen LogP contribution in [0.2, 0.25) is 0 Å². The third-order valence-electron chi connectivity index (χ3n) is 1.18. The third-order valence-corrected chi connectivity index (χ3v) is 1.18. The van der Waals surface area contributed by atoms with Crippen LogP contribution in [0.15, 0.2) is 0 Å². The van der Waals surface area contributed by atoms with Crippen molar-refractivity contribution in [2.75, 3.05) is 13.2 Å². The van der Waals surface area contributed by atoms with Gasteiger partial charge in [-0.25, -0.2) is 0 Å². The minimum atomic E-state index is -0.467. The molecular weight excluding hydrogens is 158 g/mol. The van der Waals surface area contributed by atoms with Crippen LogP contribution in [-0.2, 0) is 14.3 Å². The zero-order valence-electron chi connectivity index (χ0n) is 7.55. The van der Waals surface area contributed by atoms with Crippen molar-refractivity contribution in [1.29, 1.82) is 0 Å². The van der Waals surface area contributed by atoms with Gasteiger partial charge >= 0.3 is 5.97 Å². The summed E-state index contributed by atoms with van der Waals surface area (Å²) in [6.45, 7) is 4.59. The summed E-state index contributed by atoms with van der Waals surface area (Å²) in [5.41, 5.74) is 0. The molecule has 0 rings (SSSR count). The highest BCUT2D eigenvalue weighted by molar-refractivity contribution is 5.94. The lowest BCUT2D eigenvalue weighted by Gasteiger charge is -2.02. The molecule has 0 heterocycles. The summed E-state index contributed by atoms with van der Waals surface area (Å²) in [5, 5.41) is 2.58. The molecular formula is C8H15NO3. The maximum Gasteiger partial charge on any atom is 0.315 e. The number of amides is 1. The van der Waals surface area contributed by atoms with Gasteiger partial charge in [-0.15, -0.1) is 0 Å². The molecule has 0 spiro atoms. The molecule has 0 bridgehead atoms. The maximum absolute atomic E-state index is 10.9. The highest BCUT2D eigenvalue weighted by Gasteiger charge is 2.08. The summed E-state index contributed by atoms with van der Waals surface area (Å²) >= 11 is 0. The smallest absolute Gasteiger partial charge is 0.315 e. The van der Waals surface area contributed by atoms with Gasteiger partial charge in [0.15, 0.2) is 0 Å². The van der Waals surface area contributed by atoms with E-state index in [-0.39, 0.29) is 12.3 Å². The van der Waals surface area contributed by atoms with E-state index in [2.05, 4.69) is 10.1 Å². The monoisotopic (exact) mass is 173 g/mol. The van der Waals surface area contributed by atoms with E-state index in [9.17, 15) is 9.59 Å². The molecule has 0 saturated heterocycles. The standard InChI is InChI=1S/C8H15NO3/c1-3-5-9-7(10)6-8(11)12-4-2/h3-6H2,1-2H3,(H,9,10). The molecule has 0 fully saturated rings. The van der Waals surface area contributed by atoms with E-state index in [1.807, 2.05) is 6.92 Å². The van der Waals surface area contributed by atoms with Crippen LogP contribution in [0.3, 0.4) is 0 Å². The van der Waals surface area contributed by atoms with Gasteiger partial charge in [0, 0.05) is 6.54 Å². The molecule has 1 amide bonds. The Morgan fingerprint density at radius 3 is 2.50 bits per heavy atom. The Morgan fingerprint density at radius 1 is 1.33 bits per heavy atom. The Hall–Kier alpha value is -1.06. The van der Waals surface area contributed by atoms with E-state index in [4.69, 9.17) is 0 Å². The first-order valence-electron chi connectivity index (χ1n) is 4.13. The fourth-order valence-corrected chi connectivity index (χ4v) is 0.670. The van der Waals surface area contributed by atoms with Gasteiger partial charge in [0.2, 0.25) is 5.91 Å². The van der Waals surface area contributed by atoms with Crippen molar-refractivity contribution < 1.29 is 14.3 Å². The molecule has 0 aliphatic heterocycles. The lowest BCUT2D eigenvalue weighted by molar-refractivity contribution is -0.145. The van der Waals surface area contributed by atoms with Crippen molar-refractivity contribution >= 4 is 11.9 Å². The van der Waals surface area contributed by atoms with Gasteiger partial charge < -0.3 is 10.1 Å². The highest BCUT2D eigenvalue weighted by Crippen LogP contribution is 1.86. The van der Waals surface area contributed by atoms with Gasteiger partial charge in [0.1, 0.15) is 6.42 Å². The molecule has 0 aliphatic carbocycles. The lowest BCUT2D eigenvalue weighted by Crippen LogP contribution is -2.26. The number of esters is 1. The van der Waals surface area contributed by atoms with Gasteiger partial charge in [0.05, 0.1) is 6.61 Å². The summed E-state index contributed by atoms with van der Waals surface area (Å²) in [5.74, 6) is -0.735. The Labute approximate surface area is 72.3 Å². The second kappa shape index (κ2) is 6.64. The average molecular weight is 173 g/mol. The van der Waals surface area contributed by atoms with Crippen LogP contribution in [0.25, 0.3) is 0 Å². The van der Waals surface area contributed by atoms with Crippen LogP contribution in [-0.4, -0.2) is 25.0 Å². The predicted molar refractivity (Wildman–Crippen MR) is 44.6 cm³/mol. The summed E-state index contributed by atoms with van der Waals surface area (Å²) < 4.78 is 4.59. The summed E-state index contributed by atoms with van der Waals surface area (Å²) in [6, 6.07) is 0. The maximum atomic E-state index is 10.9. The molecule has 4 nitrogen and oxygen atoms in total. The Bertz CT molecular complexity index is 156. The van der Waals surface area contributed by atoms with Gasteiger partial charge in [-0.1, -0.05) is 6.92 Å². The fraction of sp³-hybridized carbons (Fsp3) is 0.750. The molecule has 0 unspecified atom stereocenters. The minimum absolute atomic E-state index is 0.173. The first-order chi connectivity index (χ1) is 5.70. The van der Waals surface area contributed by atoms with Gasteiger partial charge in [-0.05, 0) is 13.3 Å². The summed E-state index contributed by atoms with van der Waals surface area (Å²) in [7, 11) is 0. The van der Waals surface area contributed by atoms with Crippen LogP contribution >= 0.6 is 0 Å². The third kappa shape index (κ3) is 5.70. The van der Waals surface area contributed by atoms with Crippen LogP contribution in [0.4, 0.5) is 0 Å². The second-order valence-electron chi connectivity index (χ2n) is 2.33. The molecule has 0 aromatic carbocycles. The van der Waals surface area contributed by atoms with Crippen molar-refractivity contribution in [3.63, 3.8) is 0 Å². The molecule has 12 heavy (non-hydrogen) atoms. The van der Waals surface area contributed by atoms with Gasteiger partial charge in [-0.2, -0.15) is 0 Å². The van der Waals surface area contributed by atoms with Crippen molar-refractivity contribution in [3.8, 4) is 0 Å². The number of carbonyl (C=O) groups is 2. The number of ether oxygens (including phenoxy) is 1. The number of carbonyl (C=O) groups excluding carboxylic acids is 2. The topological polar surface area (TPSA) is 55.4 Å². The molecule has 1 N–H and O–H groups in total. The van der Waals surface area contributed by atoms with Gasteiger partial charge in [-0.3, -0.25) is 9.59 Å². The van der Waals surface area contributed by atoms with E-state index in [1.165, 1.54) is 0 Å². The largest absolute Gasteiger partial charge is 0.466 e. The van der Waals surface area contributed by atoms with Crippen molar-refractivity contribution in [2.24, 2.45) is 0 Å². The van der Waals surface area contributed by atoms with Crippen molar-refractivity contribution in [1.82, 2.24) is 5.32 Å². The lowest BCUT2D eigenvalue weighted by atomic mass is 10.4. The first kappa shape index (κ1) is 10.9. The summed E-state index contributed by atoms with van der Waals surface area (Å²) in [6.07, 6.45) is 0.697. The quantitative estimate of drug-likeness (QED) is 0.485. The van der Waals surface area contributed by atoms with Crippen LogP contribution < -0.4 is 5.32 Å². The zero-order valence-corrected chi connectivity index (χ0v) is 7.55. The van der Waals surface area contributed by atoms with Crippen molar-refractivity contribution in [2.45, 2.75) is 26.7 Å². The number of rotatable bonds is 5. The molecule has 70 valence electrons. The van der Waals surface area contributed by atoms with Gasteiger partial charge in [0.25, 0.3) is 0 Å². The average Bonchev–Trinajstić information content (AvgIpc) is 2.01. The van der Waals surface area contributed by atoms with Crippen LogP contribution in [0, 0.1) is 0 Å². The highest BCUT2D eigenvalue weighted by atomic mass is 16.5. The van der Waals surface area contributed by atoms with Crippen molar-refractivity contribution in [3.05, 3.63) is 0 Å². The Balaban J connectivity index is 3.47. The Morgan fingerprint density at radius 2 is 2.00 bits per heavy atom. The molecule has 0 aromatic heterocycles. The van der Waals surface area contributed by atoms with E-state index >= 15 is 0 Å². The van der Waals surface area contributed by atoms with E-state index in [1.54, 1.807) is 6.92 Å². The predicted octanol–water partition coefficient (Wildman–Crippen LogP) is 0.466. The number of hydrogen-bond donors (Lipinski definition) is 1. The Kier molecular flexibility index (Phi) is 6.05. The second-order valence-corrected chi connectivity index (χ2v) is 2.33. The molecule has 0 atom stereocenters. The molecule has 0 aromatic rings. The molecule has 0 saturated carbocycles. The first-order valence-corrected chi connectivity index (χ1v) is 4.13. The molecule has 0 radical (unpaired) electrons. The van der Waals surface area contributed by atoms with Crippen LogP contribution in [0.5, 0.6) is 0 Å². The fourth-order valence-electron chi connectivity index (χ4n) is 0.670. The SMILES string of the molecule is CCCNC(=O)CC(=O)OCC. The number of hydrogen-bond acceptors (Lipinski definition) is 3. The van der Waals surface area contributed by atoms with E-state index < -0.39 is 5.97 Å². The summed E-state index contributed by atoms with van der Waals surface area (Å²) in [4.78, 5) is 21.6. The molecule has 0 aliphatic rings. The van der Waals surface area contributed by atoms with E-state index in [0.717, 1.165) is 6.42 Å². The normalized spacial score (nSPS) is 9.17. The van der Waals surface area contributed by atoms with Crippen LogP contribution in [0.1, 0.15) is 26.7 Å². The van der Waals surface area contributed by atoms with E-state index in [0.29, 0.717) is 13.2 Å². The minimum Gasteiger partial charge on any atom is -0.466 e. The number of nitrogens with one attached hydrogen (secondary N) is 1. The molecule has 4 heteroatoms.